The summed E-state index contributed by atoms with van der Waals surface area (Å²) in [5, 5.41) is 6.41. The number of carbonyl (C=O) groups is 1. The van der Waals surface area contributed by atoms with Crippen LogP contribution >= 0.6 is 23.1 Å². The first kappa shape index (κ1) is 21.2. The van der Waals surface area contributed by atoms with Gasteiger partial charge in [-0.3, -0.25) is 4.79 Å². The van der Waals surface area contributed by atoms with E-state index in [1.54, 1.807) is 6.07 Å². The summed E-state index contributed by atoms with van der Waals surface area (Å²) in [6, 6.07) is 23.8. The van der Waals surface area contributed by atoms with Crippen molar-refractivity contribution >= 4 is 45.0 Å². The Labute approximate surface area is 197 Å². The normalized spacial score (nSPS) is 10.9. The van der Waals surface area contributed by atoms with Crippen molar-refractivity contribution in [2.45, 2.75) is 5.03 Å². The standard InChI is InChI=1S/C25H17FN4OS2/c26-18-11-12-20-19(13-18)24(30-23(27-20)17-9-5-2-6-10-17)32-15-22(31)29-25-28-21(14-33-25)16-7-3-1-4-8-16/h1-14H,15H2,(H,28,29,31). The predicted octanol–water partition coefficient (Wildman–Crippen LogP) is 6.29. The lowest BCUT2D eigenvalue weighted by Crippen LogP contribution is -2.14. The number of benzene rings is 3. The summed E-state index contributed by atoms with van der Waals surface area (Å²) in [7, 11) is 0. The molecular weight excluding hydrogens is 455 g/mol. The van der Waals surface area contributed by atoms with Gasteiger partial charge in [0.1, 0.15) is 10.8 Å². The molecule has 0 fully saturated rings. The molecule has 5 aromatic rings. The molecule has 5 nitrogen and oxygen atoms in total. The molecule has 0 atom stereocenters. The molecule has 162 valence electrons. The second-order valence-electron chi connectivity index (χ2n) is 7.12. The van der Waals surface area contributed by atoms with Crippen LogP contribution in [0.25, 0.3) is 33.5 Å². The molecule has 0 saturated carbocycles. The molecule has 5 rings (SSSR count). The molecule has 0 spiro atoms. The summed E-state index contributed by atoms with van der Waals surface area (Å²) in [5.74, 6) is 0.0569. The van der Waals surface area contributed by atoms with Gasteiger partial charge in [-0.2, -0.15) is 0 Å². The van der Waals surface area contributed by atoms with Crippen LogP contribution in [0.5, 0.6) is 0 Å². The number of aromatic nitrogens is 3. The highest BCUT2D eigenvalue weighted by Crippen LogP contribution is 2.30. The molecule has 2 heterocycles. The van der Waals surface area contributed by atoms with Gasteiger partial charge in [0, 0.05) is 21.9 Å². The van der Waals surface area contributed by atoms with Gasteiger partial charge < -0.3 is 5.32 Å². The van der Waals surface area contributed by atoms with E-state index >= 15 is 0 Å². The van der Waals surface area contributed by atoms with Gasteiger partial charge >= 0.3 is 0 Å². The topological polar surface area (TPSA) is 67.8 Å². The number of thiazole rings is 1. The summed E-state index contributed by atoms with van der Waals surface area (Å²) < 4.78 is 13.9. The maximum atomic E-state index is 13.9. The maximum Gasteiger partial charge on any atom is 0.236 e. The molecule has 0 unspecified atom stereocenters. The number of hydrogen-bond donors (Lipinski definition) is 1. The molecular formula is C25H17FN4OS2. The van der Waals surface area contributed by atoms with Crippen LogP contribution in [-0.2, 0) is 4.79 Å². The highest BCUT2D eigenvalue weighted by Gasteiger charge is 2.14. The van der Waals surface area contributed by atoms with E-state index < -0.39 is 0 Å². The fourth-order valence-electron chi connectivity index (χ4n) is 3.26. The van der Waals surface area contributed by atoms with E-state index in [0.29, 0.717) is 26.9 Å². The van der Waals surface area contributed by atoms with Gasteiger partial charge in [0.25, 0.3) is 0 Å². The van der Waals surface area contributed by atoms with Crippen LogP contribution in [0, 0.1) is 5.82 Å². The van der Waals surface area contributed by atoms with Crippen molar-refractivity contribution in [2.75, 3.05) is 11.1 Å². The SMILES string of the molecule is O=C(CSc1nc(-c2ccccc2)nc2ccc(F)cc12)Nc1nc(-c2ccccc2)cs1. The number of thioether (sulfide) groups is 1. The number of anilines is 1. The van der Waals surface area contributed by atoms with Crippen LogP contribution in [-0.4, -0.2) is 26.6 Å². The minimum atomic E-state index is -0.374. The lowest BCUT2D eigenvalue weighted by atomic mass is 10.2. The molecule has 0 radical (unpaired) electrons. The van der Waals surface area contributed by atoms with Crippen molar-refractivity contribution < 1.29 is 9.18 Å². The fourth-order valence-corrected chi connectivity index (χ4v) is 4.81. The summed E-state index contributed by atoms with van der Waals surface area (Å²) in [6.45, 7) is 0. The summed E-state index contributed by atoms with van der Waals surface area (Å²) in [6.07, 6.45) is 0. The van der Waals surface area contributed by atoms with Crippen molar-refractivity contribution in [2.24, 2.45) is 0 Å². The van der Waals surface area contributed by atoms with E-state index in [1.165, 1.54) is 35.2 Å². The first-order valence-electron chi connectivity index (χ1n) is 10.1. The number of carbonyl (C=O) groups excluding carboxylic acids is 1. The highest BCUT2D eigenvalue weighted by atomic mass is 32.2. The number of halogens is 1. The number of nitrogens with one attached hydrogen (secondary N) is 1. The zero-order chi connectivity index (χ0) is 22.6. The van der Waals surface area contributed by atoms with Gasteiger partial charge in [0.15, 0.2) is 11.0 Å². The quantitative estimate of drug-likeness (QED) is 0.232. The average molecular weight is 473 g/mol. The minimum absolute atomic E-state index is 0.108. The Balaban J connectivity index is 1.35. The second kappa shape index (κ2) is 9.48. The van der Waals surface area contributed by atoms with Crippen LogP contribution in [0.15, 0.2) is 89.3 Å². The molecule has 8 heteroatoms. The van der Waals surface area contributed by atoms with Gasteiger partial charge in [0.2, 0.25) is 5.91 Å². The number of hydrogen-bond acceptors (Lipinski definition) is 6. The third-order valence-electron chi connectivity index (χ3n) is 4.81. The lowest BCUT2D eigenvalue weighted by Gasteiger charge is -2.09. The van der Waals surface area contributed by atoms with E-state index in [0.717, 1.165) is 16.8 Å². The Morgan fingerprint density at radius 3 is 2.39 bits per heavy atom. The van der Waals surface area contributed by atoms with Crippen molar-refractivity contribution in [3.63, 3.8) is 0 Å². The van der Waals surface area contributed by atoms with Crippen LogP contribution in [0.3, 0.4) is 0 Å². The fraction of sp³-hybridized carbons (Fsp3) is 0.0400. The van der Waals surface area contributed by atoms with E-state index in [2.05, 4.69) is 20.3 Å². The van der Waals surface area contributed by atoms with E-state index in [1.807, 2.05) is 66.0 Å². The molecule has 3 aromatic carbocycles. The molecule has 0 aliphatic carbocycles. The average Bonchev–Trinajstić information content (AvgIpc) is 3.32. The minimum Gasteiger partial charge on any atom is -0.301 e. The van der Waals surface area contributed by atoms with Crippen LogP contribution in [0.1, 0.15) is 0 Å². The zero-order valence-electron chi connectivity index (χ0n) is 17.2. The Bertz CT molecular complexity index is 1420. The monoisotopic (exact) mass is 472 g/mol. The van der Waals surface area contributed by atoms with Crippen LogP contribution in [0.4, 0.5) is 9.52 Å². The van der Waals surface area contributed by atoms with Crippen LogP contribution in [0.2, 0.25) is 0 Å². The molecule has 0 aliphatic heterocycles. The third kappa shape index (κ3) is 4.92. The Hall–Kier alpha value is -3.62. The largest absolute Gasteiger partial charge is 0.301 e. The summed E-state index contributed by atoms with van der Waals surface area (Å²) in [5.41, 5.74) is 3.28. The Morgan fingerprint density at radius 1 is 0.909 bits per heavy atom. The van der Waals surface area contributed by atoms with E-state index in [9.17, 15) is 9.18 Å². The number of rotatable bonds is 6. The maximum absolute atomic E-state index is 13.9. The third-order valence-corrected chi connectivity index (χ3v) is 6.56. The molecule has 2 aromatic heterocycles. The molecule has 33 heavy (non-hydrogen) atoms. The zero-order valence-corrected chi connectivity index (χ0v) is 18.9. The highest BCUT2D eigenvalue weighted by molar-refractivity contribution is 8.00. The van der Waals surface area contributed by atoms with Gasteiger partial charge in [-0.1, -0.05) is 72.4 Å². The van der Waals surface area contributed by atoms with E-state index in [4.69, 9.17) is 0 Å². The first-order chi connectivity index (χ1) is 16.2. The molecule has 1 N–H and O–H groups in total. The smallest absolute Gasteiger partial charge is 0.236 e. The van der Waals surface area contributed by atoms with Crippen molar-refractivity contribution in [3.8, 4) is 22.6 Å². The lowest BCUT2D eigenvalue weighted by molar-refractivity contribution is -0.113. The number of nitrogens with zero attached hydrogens (tertiary/aromatic N) is 3. The van der Waals surface area contributed by atoms with Crippen LogP contribution < -0.4 is 5.32 Å². The Kier molecular flexibility index (Phi) is 6.10. The Morgan fingerprint density at radius 2 is 1.64 bits per heavy atom. The second-order valence-corrected chi connectivity index (χ2v) is 8.94. The first-order valence-corrected chi connectivity index (χ1v) is 12.0. The predicted molar refractivity (Wildman–Crippen MR) is 132 cm³/mol. The molecule has 0 bridgehead atoms. The summed E-state index contributed by atoms with van der Waals surface area (Å²) in [4.78, 5) is 26.3. The van der Waals surface area contributed by atoms with Gasteiger partial charge in [-0.05, 0) is 18.2 Å². The van der Waals surface area contributed by atoms with Gasteiger partial charge in [0.05, 0.1) is 17.0 Å². The van der Waals surface area contributed by atoms with Crippen molar-refractivity contribution in [1.82, 2.24) is 15.0 Å². The molecule has 0 saturated heterocycles. The number of amides is 1. The molecule has 1 amide bonds. The van der Waals surface area contributed by atoms with E-state index in [-0.39, 0.29) is 17.5 Å². The number of fused-ring (bicyclic) bond motifs is 1. The van der Waals surface area contributed by atoms with Gasteiger partial charge in [-0.15, -0.1) is 11.3 Å². The molecule has 0 aliphatic rings. The van der Waals surface area contributed by atoms with Gasteiger partial charge in [-0.25, -0.2) is 19.3 Å². The summed E-state index contributed by atoms with van der Waals surface area (Å²) >= 11 is 2.62. The van der Waals surface area contributed by atoms with Crippen molar-refractivity contribution in [1.29, 1.82) is 0 Å². The van der Waals surface area contributed by atoms with Crippen molar-refractivity contribution in [3.05, 3.63) is 90.1 Å².